The summed E-state index contributed by atoms with van der Waals surface area (Å²) in [6.45, 7) is 0. The monoisotopic (exact) mass is 300 g/mol. The van der Waals surface area contributed by atoms with Gasteiger partial charge in [-0.25, -0.2) is 0 Å². The summed E-state index contributed by atoms with van der Waals surface area (Å²) in [5, 5.41) is 12.8. The average molecular weight is 300 g/mol. The topological polar surface area (TPSA) is 42.7 Å². The summed E-state index contributed by atoms with van der Waals surface area (Å²) < 4.78 is 0. The van der Waals surface area contributed by atoms with Gasteiger partial charge in [-0.1, -0.05) is 60.7 Å². The van der Waals surface area contributed by atoms with Gasteiger partial charge in [0.05, 0.1) is 0 Å². The summed E-state index contributed by atoms with van der Waals surface area (Å²) in [4.78, 5) is 1.74. The zero-order valence-corrected chi connectivity index (χ0v) is 12.5. The van der Waals surface area contributed by atoms with Crippen LogP contribution < -0.4 is 5.32 Å². The van der Waals surface area contributed by atoms with Crippen LogP contribution in [0.1, 0.15) is 11.7 Å². The fourth-order valence-corrected chi connectivity index (χ4v) is 2.59. The molecular formula is C19H16N4. The predicted molar refractivity (Wildman–Crippen MR) is 92.2 cm³/mol. The zero-order chi connectivity index (χ0) is 15.5. The Hall–Kier alpha value is -3.14. The van der Waals surface area contributed by atoms with Crippen molar-refractivity contribution in [2.75, 3.05) is 5.32 Å². The number of aromatic nitrogens is 3. The number of hydrogen-bond acceptors (Lipinski definition) is 3. The highest BCUT2D eigenvalue weighted by Crippen LogP contribution is 2.21. The first-order valence-corrected chi connectivity index (χ1v) is 7.58. The van der Waals surface area contributed by atoms with Crippen LogP contribution in [0.3, 0.4) is 0 Å². The minimum absolute atomic E-state index is 0.161. The zero-order valence-electron chi connectivity index (χ0n) is 12.5. The largest absolute Gasteiger partial charge is 0.359 e. The van der Waals surface area contributed by atoms with E-state index in [4.69, 9.17) is 0 Å². The third kappa shape index (κ3) is 2.79. The minimum atomic E-state index is -0.161. The second kappa shape index (κ2) is 5.93. The molecule has 0 amide bonds. The summed E-state index contributed by atoms with van der Waals surface area (Å²) in [5.74, 6) is 0. The fourth-order valence-electron chi connectivity index (χ4n) is 2.59. The average Bonchev–Trinajstić information content (AvgIpc) is 3.05. The van der Waals surface area contributed by atoms with Crippen molar-refractivity contribution in [3.05, 3.63) is 90.5 Å². The molecule has 112 valence electrons. The summed E-state index contributed by atoms with van der Waals surface area (Å²) >= 11 is 0. The van der Waals surface area contributed by atoms with Crippen LogP contribution in [-0.2, 0) is 0 Å². The van der Waals surface area contributed by atoms with Crippen LogP contribution in [0.4, 0.5) is 5.69 Å². The molecule has 4 heteroatoms. The maximum atomic E-state index is 4.63. The summed E-state index contributed by atoms with van der Waals surface area (Å²) in [6.07, 6.45) is -0.161. The molecule has 23 heavy (non-hydrogen) atoms. The van der Waals surface area contributed by atoms with E-state index in [1.807, 2.05) is 72.8 Å². The summed E-state index contributed by atoms with van der Waals surface area (Å²) in [6, 6.07) is 28.2. The molecule has 4 aromatic rings. The molecule has 3 aromatic carbocycles. The van der Waals surface area contributed by atoms with Crippen LogP contribution in [0.15, 0.2) is 84.9 Å². The molecule has 0 aliphatic heterocycles. The van der Waals surface area contributed by atoms with Crippen LogP contribution in [0.5, 0.6) is 0 Å². The minimum Gasteiger partial charge on any atom is -0.359 e. The van der Waals surface area contributed by atoms with Gasteiger partial charge in [0.2, 0.25) is 0 Å². The first-order chi connectivity index (χ1) is 11.4. The Morgan fingerprint density at radius 2 is 1.17 bits per heavy atom. The number of nitrogens with one attached hydrogen (secondary N) is 1. The van der Waals surface area contributed by atoms with Crippen LogP contribution in [0, 0.1) is 0 Å². The Morgan fingerprint density at radius 1 is 0.652 bits per heavy atom. The Bertz CT molecular complexity index is 867. The maximum Gasteiger partial charge on any atom is 0.166 e. The number of benzene rings is 3. The summed E-state index contributed by atoms with van der Waals surface area (Å²) in [5.41, 5.74) is 3.92. The molecule has 0 saturated heterocycles. The lowest BCUT2D eigenvalue weighted by Crippen LogP contribution is -2.22. The first kappa shape index (κ1) is 13.5. The van der Waals surface area contributed by atoms with Crippen molar-refractivity contribution in [2.24, 2.45) is 0 Å². The van der Waals surface area contributed by atoms with Gasteiger partial charge in [0.15, 0.2) is 6.17 Å². The molecule has 0 spiro atoms. The lowest BCUT2D eigenvalue weighted by atomic mass is 10.1. The lowest BCUT2D eigenvalue weighted by molar-refractivity contribution is 0.510. The molecule has 0 aliphatic carbocycles. The molecular weight excluding hydrogens is 284 g/mol. The van der Waals surface area contributed by atoms with Crippen LogP contribution in [0.2, 0.25) is 0 Å². The molecule has 4 nitrogen and oxygen atoms in total. The smallest absolute Gasteiger partial charge is 0.166 e. The quantitative estimate of drug-likeness (QED) is 0.617. The van der Waals surface area contributed by atoms with Gasteiger partial charge in [-0.2, -0.15) is 15.0 Å². The van der Waals surface area contributed by atoms with Gasteiger partial charge < -0.3 is 5.32 Å². The molecule has 0 aliphatic rings. The van der Waals surface area contributed by atoms with Crippen LogP contribution in [0.25, 0.3) is 11.0 Å². The summed E-state index contributed by atoms with van der Waals surface area (Å²) in [7, 11) is 0. The number of para-hydroxylation sites is 1. The Labute approximate surface area is 134 Å². The van der Waals surface area contributed by atoms with Crippen molar-refractivity contribution >= 4 is 16.7 Å². The van der Waals surface area contributed by atoms with Gasteiger partial charge in [-0.3, -0.25) is 0 Å². The molecule has 1 atom stereocenters. The predicted octanol–water partition coefficient (Wildman–Crippen LogP) is 4.09. The van der Waals surface area contributed by atoms with Gasteiger partial charge >= 0.3 is 0 Å². The molecule has 0 fully saturated rings. The van der Waals surface area contributed by atoms with E-state index in [2.05, 4.69) is 27.6 Å². The van der Waals surface area contributed by atoms with Crippen molar-refractivity contribution in [3.8, 4) is 0 Å². The number of anilines is 1. The van der Waals surface area contributed by atoms with Gasteiger partial charge in [-0.15, -0.1) is 0 Å². The molecule has 0 radical (unpaired) electrons. The van der Waals surface area contributed by atoms with E-state index < -0.39 is 0 Å². The standard InChI is InChI=1S/C19H16N4/c1-3-9-15(10-4-1)19(20-16-11-5-2-6-12-16)23-21-17-13-7-8-14-18(17)22-23/h1-14,19-20H/t19-/m1/s1. The second-order valence-corrected chi connectivity index (χ2v) is 5.33. The van der Waals surface area contributed by atoms with Gasteiger partial charge in [0.25, 0.3) is 0 Å². The normalized spacial score (nSPS) is 12.2. The van der Waals surface area contributed by atoms with Crippen LogP contribution in [-0.4, -0.2) is 15.0 Å². The molecule has 0 saturated carbocycles. The van der Waals surface area contributed by atoms with Crippen LogP contribution >= 0.6 is 0 Å². The van der Waals surface area contributed by atoms with E-state index in [-0.39, 0.29) is 6.17 Å². The molecule has 1 aromatic heterocycles. The van der Waals surface area contributed by atoms with E-state index in [1.165, 1.54) is 0 Å². The van der Waals surface area contributed by atoms with Crippen molar-refractivity contribution in [1.29, 1.82) is 0 Å². The van der Waals surface area contributed by atoms with E-state index in [9.17, 15) is 0 Å². The number of nitrogens with zero attached hydrogens (tertiary/aromatic N) is 3. The van der Waals surface area contributed by atoms with E-state index in [0.717, 1.165) is 22.3 Å². The highest BCUT2D eigenvalue weighted by molar-refractivity contribution is 5.73. The number of hydrogen-bond donors (Lipinski definition) is 1. The third-order valence-corrected chi connectivity index (χ3v) is 3.73. The fraction of sp³-hybridized carbons (Fsp3) is 0.0526. The number of fused-ring (bicyclic) bond motifs is 1. The Kier molecular flexibility index (Phi) is 3.48. The van der Waals surface area contributed by atoms with E-state index in [1.54, 1.807) is 4.80 Å². The molecule has 4 rings (SSSR count). The maximum absolute atomic E-state index is 4.63. The van der Waals surface area contributed by atoms with Crippen molar-refractivity contribution in [2.45, 2.75) is 6.17 Å². The molecule has 0 bridgehead atoms. The van der Waals surface area contributed by atoms with E-state index in [0.29, 0.717) is 0 Å². The van der Waals surface area contributed by atoms with Crippen molar-refractivity contribution < 1.29 is 0 Å². The number of rotatable bonds is 4. The molecule has 1 N–H and O–H groups in total. The molecule has 1 heterocycles. The highest BCUT2D eigenvalue weighted by Gasteiger charge is 2.16. The van der Waals surface area contributed by atoms with Crippen molar-refractivity contribution in [3.63, 3.8) is 0 Å². The third-order valence-electron chi connectivity index (χ3n) is 3.73. The second-order valence-electron chi connectivity index (χ2n) is 5.33. The van der Waals surface area contributed by atoms with Gasteiger partial charge in [0.1, 0.15) is 11.0 Å². The van der Waals surface area contributed by atoms with Gasteiger partial charge in [-0.05, 0) is 29.8 Å². The van der Waals surface area contributed by atoms with E-state index >= 15 is 0 Å². The Balaban J connectivity index is 1.78. The van der Waals surface area contributed by atoms with Crippen molar-refractivity contribution in [1.82, 2.24) is 15.0 Å². The molecule has 0 unspecified atom stereocenters. The highest BCUT2D eigenvalue weighted by atomic mass is 15.5. The SMILES string of the molecule is c1ccc(N[C@@H](c2ccccc2)n2nc3ccccc3n2)cc1. The lowest BCUT2D eigenvalue weighted by Gasteiger charge is -2.19. The first-order valence-electron chi connectivity index (χ1n) is 7.58. The van der Waals surface area contributed by atoms with Gasteiger partial charge in [0, 0.05) is 5.69 Å². The Morgan fingerprint density at radius 3 is 1.78 bits per heavy atom.